The minimum absolute atomic E-state index is 0.281. The molecule has 0 saturated carbocycles. The first-order valence-corrected chi connectivity index (χ1v) is 3.33. The van der Waals surface area contributed by atoms with Gasteiger partial charge in [-0.1, -0.05) is 6.92 Å². The Hall–Kier alpha value is -0.900. The molecule has 0 aliphatic rings. The summed E-state index contributed by atoms with van der Waals surface area (Å²) in [4.78, 5) is 0. The molecule has 4 heteroatoms. The number of aliphatic hydroxyl groups excluding tert-OH is 1. The van der Waals surface area contributed by atoms with E-state index >= 15 is 0 Å². The van der Waals surface area contributed by atoms with E-state index in [9.17, 15) is 0 Å². The Labute approximate surface area is 59.5 Å². The molecule has 0 saturated heterocycles. The van der Waals surface area contributed by atoms with E-state index < -0.39 is 0 Å². The van der Waals surface area contributed by atoms with E-state index in [1.165, 1.54) is 0 Å². The van der Waals surface area contributed by atoms with Gasteiger partial charge in [-0.2, -0.15) is 0 Å². The number of aliphatic hydroxyl groups is 1. The Balaban J connectivity index is 2.40. The van der Waals surface area contributed by atoms with Gasteiger partial charge in [-0.3, -0.25) is 0 Å². The molecule has 1 aromatic heterocycles. The zero-order valence-corrected chi connectivity index (χ0v) is 5.94. The lowest BCUT2D eigenvalue weighted by Gasteiger charge is -2.05. The predicted molar refractivity (Wildman–Crippen MR) is 36.3 cm³/mol. The summed E-state index contributed by atoms with van der Waals surface area (Å²) in [5.41, 5.74) is 0. The van der Waals surface area contributed by atoms with Crippen LogP contribution in [0.25, 0.3) is 0 Å². The predicted octanol–water partition coefficient (Wildman–Crippen LogP) is 0.0490. The zero-order chi connectivity index (χ0) is 7.40. The number of rotatable bonds is 3. The maximum atomic E-state index is 9.15. The number of aromatic nitrogens is 3. The van der Waals surface area contributed by atoms with E-state index in [-0.39, 0.29) is 6.10 Å². The van der Waals surface area contributed by atoms with E-state index in [2.05, 4.69) is 10.2 Å². The number of hydrogen-bond donors (Lipinski definition) is 1. The van der Waals surface area contributed by atoms with Gasteiger partial charge in [-0.25, -0.2) is 0 Å². The lowest BCUT2D eigenvalue weighted by molar-refractivity contribution is 0.150. The summed E-state index contributed by atoms with van der Waals surface area (Å²) in [6.07, 6.45) is 3.67. The Kier molecular flexibility index (Phi) is 2.39. The SMILES string of the molecule is CC[C@H](O)Cn1cnnc1. The van der Waals surface area contributed by atoms with Crippen LogP contribution in [0.4, 0.5) is 0 Å². The molecule has 1 rings (SSSR count). The van der Waals surface area contributed by atoms with Crippen molar-refractivity contribution in [2.24, 2.45) is 0 Å². The average Bonchev–Trinajstić information content (AvgIpc) is 2.40. The van der Waals surface area contributed by atoms with Crippen LogP contribution in [0, 0.1) is 0 Å². The maximum Gasteiger partial charge on any atom is 0.119 e. The molecule has 0 radical (unpaired) electrons. The summed E-state index contributed by atoms with van der Waals surface area (Å²) in [5.74, 6) is 0. The third-order valence-electron chi connectivity index (χ3n) is 1.36. The van der Waals surface area contributed by atoms with Crippen LogP contribution in [0.3, 0.4) is 0 Å². The summed E-state index contributed by atoms with van der Waals surface area (Å²) >= 11 is 0. The minimum Gasteiger partial charge on any atom is -0.391 e. The quantitative estimate of drug-likeness (QED) is 0.647. The van der Waals surface area contributed by atoms with Crippen molar-refractivity contribution < 1.29 is 5.11 Å². The van der Waals surface area contributed by atoms with Crippen molar-refractivity contribution >= 4 is 0 Å². The molecule has 10 heavy (non-hydrogen) atoms. The first kappa shape index (κ1) is 7.21. The van der Waals surface area contributed by atoms with Crippen LogP contribution in [-0.4, -0.2) is 26.0 Å². The van der Waals surface area contributed by atoms with Crippen LogP contribution in [0.2, 0.25) is 0 Å². The number of nitrogens with zero attached hydrogens (tertiary/aromatic N) is 3. The second-order valence-electron chi connectivity index (χ2n) is 2.22. The van der Waals surface area contributed by atoms with Crippen LogP contribution >= 0.6 is 0 Å². The van der Waals surface area contributed by atoms with Gasteiger partial charge in [0.25, 0.3) is 0 Å². The lowest BCUT2D eigenvalue weighted by atomic mass is 10.3. The Morgan fingerprint density at radius 3 is 2.60 bits per heavy atom. The van der Waals surface area contributed by atoms with E-state index in [1.807, 2.05) is 6.92 Å². The van der Waals surface area contributed by atoms with Crippen LogP contribution in [0.5, 0.6) is 0 Å². The maximum absolute atomic E-state index is 9.15. The number of hydrogen-bond acceptors (Lipinski definition) is 3. The molecule has 1 atom stereocenters. The largest absolute Gasteiger partial charge is 0.391 e. The summed E-state index contributed by atoms with van der Waals surface area (Å²) in [5, 5.41) is 16.4. The molecule has 1 aromatic rings. The molecule has 0 fully saturated rings. The monoisotopic (exact) mass is 141 g/mol. The van der Waals surface area contributed by atoms with Gasteiger partial charge in [-0.15, -0.1) is 10.2 Å². The first-order chi connectivity index (χ1) is 4.83. The highest BCUT2D eigenvalue weighted by Crippen LogP contribution is 1.93. The standard InChI is InChI=1S/C6H11N3O/c1-2-6(10)3-9-4-7-8-5-9/h4-6,10H,2-3H2,1H3/t6-/m0/s1. The first-order valence-electron chi connectivity index (χ1n) is 3.33. The van der Waals surface area contributed by atoms with Crippen molar-refractivity contribution in [2.45, 2.75) is 26.0 Å². The molecule has 0 amide bonds. The second-order valence-corrected chi connectivity index (χ2v) is 2.22. The zero-order valence-electron chi connectivity index (χ0n) is 5.94. The van der Waals surface area contributed by atoms with Gasteiger partial charge in [0.1, 0.15) is 12.7 Å². The molecular formula is C6H11N3O. The highest BCUT2D eigenvalue weighted by Gasteiger charge is 1.99. The smallest absolute Gasteiger partial charge is 0.119 e. The lowest BCUT2D eigenvalue weighted by Crippen LogP contribution is -2.13. The topological polar surface area (TPSA) is 50.9 Å². The third kappa shape index (κ3) is 1.80. The summed E-state index contributed by atoms with van der Waals surface area (Å²) in [6, 6.07) is 0. The molecule has 0 unspecified atom stereocenters. The van der Waals surface area contributed by atoms with Crippen molar-refractivity contribution in [2.75, 3.05) is 0 Å². The second kappa shape index (κ2) is 3.31. The molecule has 1 N–H and O–H groups in total. The molecule has 0 aliphatic heterocycles. The van der Waals surface area contributed by atoms with E-state index in [1.54, 1.807) is 17.2 Å². The van der Waals surface area contributed by atoms with Gasteiger partial charge >= 0.3 is 0 Å². The summed E-state index contributed by atoms with van der Waals surface area (Å²) < 4.78 is 1.76. The molecule has 4 nitrogen and oxygen atoms in total. The van der Waals surface area contributed by atoms with E-state index in [0.29, 0.717) is 6.54 Å². The average molecular weight is 141 g/mol. The van der Waals surface area contributed by atoms with Crippen LogP contribution in [0.15, 0.2) is 12.7 Å². The van der Waals surface area contributed by atoms with Crippen molar-refractivity contribution in [3.63, 3.8) is 0 Å². The highest BCUT2D eigenvalue weighted by atomic mass is 16.3. The van der Waals surface area contributed by atoms with Gasteiger partial charge in [0.05, 0.1) is 12.6 Å². The van der Waals surface area contributed by atoms with Gasteiger partial charge in [0.15, 0.2) is 0 Å². The Morgan fingerprint density at radius 2 is 2.10 bits per heavy atom. The fourth-order valence-corrected chi connectivity index (χ4v) is 0.689. The van der Waals surface area contributed by atoms with E-state index in [4.69, 9.17) is 5.11 Å². The summed E-state index contributed by atoms with van der Waals surface area (Å²) in [7, 11) is 0. The third-order valence-corrected chi connectivity index (χ3v) is 1.36. The molecule has 1 heterocycles. The Bertz CT molecular complexity index is 173. The fourth-order valence-electron chi connectivity index (χ4n) is 0.689. The molecule has 0 bridgehead atoms. The minimum atomic E-state index is -0.281. The van der Waals surface area contributed by atoms with Crippen molar-refractivity contribution in [1.29, 1.82) is 0 Å². The van der Waals surface area contributed by atoms with Crippen LogP contribution in [0.1, 0.15) is 13.3 Å². The molecule has 56 valence electrons. The normalized spacial score (nSPS) is 13.4. The van der Waals surface area contributed by atoms with Crippen molar-refractivity contribution in [3.8, 4) is 0 Å². The van der Waals surface area contributed by atoms with Gasteiger partial charge in [0, 0.05) is 0 Å². The van der Waals surface area contributed by atoms with Crippen LogP contribution < -0.4 is 0 Å². The highest BCUT2D eigenvalue weighted by molar-refractivity contribution is 4.63. The fraction of sp³-hybridized carbons (Fsp3) is 0.667. The molecule has 0 spiro atoms. The van der Waals surface area contributed by atoms with Crippen molar-refractivity contribution in [3.05, 3.63) is 12.7 Å². The van der Waals surface area contributed by atoms with Crippen LogP contribution in [-0.2, 0) is 6.54 Å². The Morgan fingerprint density at radius 1 is 1.50 bits per heavy atom. The summed E-state index contributed by atoms with van der Waals surface area (Å²) in [6.45, 7) is 2.53. The molecule has 0 aromatic carbocycles. The molecule has 0 aliphatic carbocycles. The molecular weight excluding hydrogens is 130 g/mol. The van der Waals surface area contributed by atoms with Gasteiger partial charge in [-0.05, 0) is 6.42 Å². The van der Waals surface area contributed by atoms with Crippen molar-refractivity contribution in [1.82, 2.24) is 14.8 Å². The van der Waals surface area contributed by atoms with Gasteiger partial charge in [0.2, 0.25) is 0 Å². The van der Waals surface area contributed by atoms with Gasteiger partial charge < -0.3 is 9.67 Å². The van der Waals surface area contributed by atoms with E-state index in [0.717, 1.165) is 6.42 Å².